The Morgan fingerprint density at radius 1 is 1.03 bits per heavy atom. The van der Waals surface area contributed by atoms with E-state index >= 15 is 0 Å². The zero-order valence-electron chi connectivity index (χ0n) is 17.5. The van der Waals surface area contributed by atoms with E-state index in [9.17, 15) is 14.4 Å². The van der Waals surface area contributed by atoms with Crippen molar-refractivity contribution in [1.29, 1.82) is 0 Å². The molecular formula is C23H27N3O5. The van der Waals surface area contributed by atoms with Crippen molar-refractivity contribution in [2.24, 2.45) is 13.0 Å². The van der Waals surface area contributed by atoms with Crippen molar-refractivity contribution in [2.45, 2.75) is 25.3 Å². The summed E-state index contributed by atoms with van der Waals surface area (Å²) in [4.78, 5) is 37.2. The smallest absolute Gasteiger partial charge is 0.328 e. The molecule has 0 radical (unpaired) electrons. The van der Waals surface area contributed by atoms with Gasteiger partial charge >= 0.3 is 11.9 Å². The zero-order valence-corrected chi connectivity index (χ0v) is 17.5. The van der Waals surface area contributed by atoms with Gasteiger partial charge in [-0.25, -0.2) is 9.59 Å². The van der Waals surface area contributed by atoms with Gasteiger partial charge in [-0.15, -0.1) is 0 Å². The molecule has 8 nitrogen and oxygen atoms in total. The Morgan fingerprint density at radius 3 is 2.26 bits per heavy atom. The summed E-state index contributed by atoms with van der Waals surface area (Å²) < 4.78 is 2.22. The first-order valence-corrected chi connectivity index (χ1v) is 10.6. The monoisotopic (exact) mass is 425 g/mol. The fourth-order valence-corrected chi connectivity index (χ4v) is 5.19. The molecule has 8 heteroatoms. The minimum absolute atomic E-state index is 0.266. The number of aryl methyl sites for hydroxylation is 1. The third kappa shape index (κ3) is 4.07. The van der Waals surface area contributed by atoms with Crippen LogP contribution in [0.4, 0.5) is 0 Å². The van der Waals surface area contributed by atoms with Crippen molar-refractivity contribution in [2.75, 3.05) is 26.2 Å². The summed E-state index contributed by atoms with van der Waals surface area (Å²) in [6.45, 7) is 4.41. The molecule has 1 amide bonds. The van der Waals surface area contributed by atoms with Crippen molar-refractivity contribution >= 4 is 28.7 Å². The van der Waals surface area contributed by atoms with E-state index in [1.165, 1.54) is 37.1 Å². The predicted octanol–water partition coefficient (Wildman–Crippen LogP) is 1.98. The van der Waals surface area contributed by atoms with Crippen LogP contribution in [0.1, 0.15) is 28.9 Å². The lowest BCUT2D eigenvalue weighted by atomic mass is 9.82. The molecule has 31 heavy (non-hydrogen) atoms. The van der Waals surface area contributed by atoms with Crippen molar-refractivity contribution < 1.29 is 24.6 Å². The van der Waals surface area contributed by atoms with Crippen LogP contribution in [0, 0.1) is 5.92 Å². The summed E-state index contributed by atoms with van der Waals surface area (Å²) in [6.07, 6.45) is 4.62. The third-order valence-electron chi connectivity index (χ3n) is 6.68. The molecule has 2 bridgehead atoms. The Morgan fingerprint density at radius 2 is 1.68 bits per heavy atom. The second-order valence-electron chi connectivity index (χ2n) is 8.36. The first-order chi connectivity index (χ1) is 14.9. The van der Waals surface area contributed by atoms with Gasteiger partial charge in [-0.2, -0.15) is 0 Å². The molecular weight excluding hydrogens is 398 g/mol. The molecule has 0 aliphatic carbocycles. The van der Waals surface area contributed by atoms with Crippen LogP contribution < -0.4 is 0 Å². The van der Waals surface area contributed by atoms with Crippen LogP contribution in [-0.2, 0) is 23.1 Å². The van der Waals surface area contributed by atoms with Crippen LogP contribution in [0.15, 0.2) is 36.4 Å². The maximum absolute atomic E-state index is 13.3. The van der Waals surface area contributed by atoms with Gasteiger partial charge in [-0.3, -0.25) is 4.79 Å². The molecule has 3 fully saturated rings. The van der Waals surface area contributed by atoms with E-state index < -0.39 is 11.9 Å². The largest absolute Gasteiger partial charge is 0.478 e. The Bertz CT molecular complexity index is 1030. The Labute approximate surface area is 180 Å². The van der Waals surface area contributed by atoms with Crippen LogP contribution in [0.2, 0.25) is 0 Å². The number of nitrogens with zero attached hydrogens (tertiary/aromatic N) is 3. The number of hydrogen-bond donors (Lipinski definition) is 2. The second-order valence-corrected chi connectivity index (χ2v) is 8.36. The van der Waals surface area contributed by atoms with Crippen LogP contribution in [0.5, 0.6) is 0 Å². The van der Waals surface area contributed by atoms with Gasteiger partial charge in [0.1, 0.15) is 0 Å². The average Bonchev–Trinajstić information content (AvgIpc) is 3.07. The normalized spacial score (nSPS) is 24.7. The molecule has 2 N–H and O–H groups in total. The zero-order chi connectivity index (χ0) is 22.1. The molecule has 6 rings (SSSR count). The lowest BCUT2D eigenvalue weighted by Crippen LogP contribution is -2.59. The Hall–Kier alpha value is -3.13. The van der Waals surface area contributed by atoms with Gasteiger partial charge in [0.15, 0.2) is 0 Å². The number of carboxylic acids is 2. The number of hydrogen-bond acceptors (Lipinski definition) is 4. The third-order valence-corrected chi connectivity index (χ3v) is 6.68. The van der Waals surface area contributed by atoms with E-state index in [1.54, 1.807) is 0 Å². The molecule has 4 aliphatic heterocycles. The van der Waals surface area contributed by atoms with Gasteiger partial charge in [-0.05, 0) is 37.9 Å². The van der Waals surface area contributed by atoms with Gasteiger partial charge in [0, 0.05) is 61.3 Å². The molecule has 2 aromatic rings. The van der Waals surface area contributed by atoms with Gasteiger partial charge in [0.2, 0.25) is 0 Å². The summed E-state index contributed by atoms with van der Waals surface area (Å²) >= 11 is 0. The van der Waals surface area contributed by atoms with Crippen LogP contribution in [0.3, 0.4) is 0 Å². The highest BCUT2D eigenvalue weighted by Crippen LogP contribution is 2.36. The van der Waals surface area contributed by atoms with E-state index in [0.29, 0.717) is 24.1 Å². The molecule has 0 spiro atoms. The molecule has 1 unspecified atom stereocenters. The second kappa shape index (κ2) is 8.55. The number of benzene rings is 1. The number of amides is 1. The van der Waals surface area contributed by atoms with E-state index in [4.69, 9.17) is 10.2 Å². The maximum Gasteiger partial charge on any atom is 0.328 e. The van der Waals surface area contributed by atoms with Crippen molar-refractivity contribution in [3.8, 4) is 0 Å². The first kappa shape index (κ1) is 21.1. The number of carboxylic acid groups (broad SMARTS) is 2. The predicted molar refractivity (Wildman–Crippen MR) is 115 cm³/mol. The number of aliphatic carboxylic acids is 2. The molecule has 1 aromatic heterocycles. The maximum atomic E-state index is 13.3. The van der Waals surface area contributed by atoms with E-state index in [2.05, 4.69) is 39.6 Å². The van der Waals surface area contributed by atoms with Crippen LogP contribution >= 0.6 is 0 Å². The van der Waals surface area contributed by atoms with Gasteiger partial charge in [-0.1, -0.05) is 18.2 Å². The molecule has 4 aliphatic rings. The summed E-state index contributed by atoms with van der Waals surface area (Å²) in [5.74, 6) is -1.54. The summed E-state index contributed by atoms with van der Waals surface area (Å²) in [7, 11) is 2.10. The minimum atomic E-state index is -1.26. The Balaban J connectivity index is 0.000000250. The topological polar surface area (TPSA) is 103 Å². The highest BCUT2D eigenvalue weighted by Gasteiger charge is 2.42. The molecule has 0 saturated carbocycles. The fourth-order valence-electron chi connectivity index (χ4n) is 5.19. The minimum Gasteiger partial charge on any atom is -0.478 e. The number of carbonyl (C=O) groups is 3. The van der Waals surface area contributed by atoms with Crippen molar-refractivity contribution in [1.82, 2.24) is 14.4 Å². The Kier molecular flexibility index (Phi) is 5.82. The molecule has 3 saturated heterocycles. The molecule has 1 aromatic carbocycles. The van der Waals surface area contributed by atoms with E-state index in [-0.39, 0.29) is 5.91 Å². The number of aromatic nitrogens is 1. The summed E-state index contributed by atoms with van der Waals surface area (Å²) in [5, 5.41) is 16.8. The van der Waals surface area contributed by atoms with Crippen molar-refractivity contribution in [3.63, 3.8) is 0 Å². The molecule has 1 atom stereocenters. The molecule has 164 valence electrons. The summed E-state index contributed by atoms with van der Waals surface area (Å²) in [6, 6.07) is 8.76. The fraction of sp³-hybridized carbons (Fsp3) is 0.435. The lowest BCUT2D eigenvalue weighted by molar-refractivity contribution is -0.134. The van der Waals surface area contributed by atoms with E-state index in [1.807, 2.05) is 6.07 Å². The number of fused-ring (bicyclic) bond motifs is 6. The van der Waals surface area contributed by atoms with Gasteiger partial charge < -0.3 is 24.6 Å². The highest BCUT2D eigenvalue weighted by molar-refractivity contribution is 6.09. The van der Waals surface area contributed by atoms with Crippen LogP contribution in [-0.4, -0.2) is 74.6 Å². The van der Waals surface area contributed by atoms with Crippen LogP contribution in [0.25, 0.3) is 10.9 Å². The first-order valence-electron chi connectivity index (χ1n) is 10.6. The summed E-state index contributed by atoms with van der Waals surface area (Å²) in [5.41, 5.74) is 3.36. The number of carbonyl (C=O) groups excluding carboxylic acids is 1. The molecule has 5 heterocycles. The van der Waals surface area contributed by atoms with Gasteiger partial charge in [0.05, 0.1) is 5.56 Å². The van der Waals surface area contributed by atoms with Gasteiger partial charge in [0.25, 0.3) is 5.91 Å². The highest BCUT2D eigenvalue weighted by atomic mass is 16.4. The lowest BCUT2D eigenvalue weighted by Gasteiger charge is -2.49. The quantitative estimate of drug-likeness (QED) is 0.729. The number of rotatable bonds is 3. The average molecular weight is 425 g/mol. The van der Waals surface area contributed by atoms with Crippen molar-refractivity contribution in [3.05, 3.63) is 47.7 Å². The number of para-hydroxylation sites is 1. The standard InChI is InChI=1S/C19H23N3O.C4H4O4/c1-20-15-5-3-2-4-14(15)18-16(20)8-11-22(19(18)23)17-12-21-9-6-13(17)7-10-21;5-3(6)1-2-4(7)8/h2-5,13,17H,6-12H2,1H3;1-2H,(H,5,6)(H,7,8)/b;2-1-. The van der Waals surface area contributed by atoms with E-state index in [0.717, 1.165) is 30.5 Å². The SMILES string of the molecule is Cn1c2c(c3ccccc31)C(=O)N(C1CN3CCC1CC3)CC2.O=C(O)/C=C\C(=O)O. The number of piperidine rings is 3.